The molecule has 0 heterocycles. The maximum atomic E-state index is 6.24. The molecule has 16 heavy (non-hydrogen) atoms. The lowest BCUT2D eigenvalue weighted by atomic mass is 9.73. The Balaban J connectivity index is 2.07. The van der Waals surface area contributed by atoms with Crippen molar-refractivity contribution in [2.75, 3.05) is 7.11 Å². The van der Waals surface area contributed by atoms with Crippen LogP contribution in [0.1, 0.15) is 24.8 Å². The van der Waals surface area contributed by atoms with Crippen LogP contribution in [0.4, 0.5) is 0 Å². The normalized spacial score (nSPS) is 20.2. The quantitative estimate of drug-likeness (QED) is 0.877. The van der Waals surface area contributed by atoms with Gasteiger partial charge in [-0.15, -0.1) is 0 Å². The Hall–Kier alpha value is -0.570. The van der Waals surface area contributed by atoms with Crippen LogP contribution in [0.25, 0.3) is 0 Å². The molecule has 1 aromatic rings. The fraction of sp³-hybridized carbons (Fsp3) is 0.538. The van der Waals surface area contributed by atoms with Gasteiger partial charge in [0.2, 0.25) is 0 Å². The first-order chi connectivity index (χ1) is 7.68. The van der Waals surface area contributed by atoms with E-state index in [2.05, 4.69) is 0 Å². The van der Waals surface area contributed by atoms with Gasteiger partial charge in [-0.1, -0.05) is 29.8 Å². The van der Waals surface area contributed by atoms with Crippen molar-refractivity contribution in [1.29, 1.82) is 0 Å². The van der Waals surface area contributed by atoms with Gasteiger partial charge in [-0.25, -0.2) is 0 Å². The van der Waals surface area contributed by atoms with E-state index >= 15 is 0 Å². The van der Waals surface area contributed by atoms with Crippen molar-refractivity contribution >= 4 is 11.6 Å². The third kappa shape index (κ3) is 2.10. The van der Waals surface area contributed by atoms with Crippen molar-refractivity contribution in [3.63, 3.8) is 0 Å². The molecule has 1 aromatic carbocycles. The molecule has 0 amide bonds. The first-order valence-corrected chi connectivity index (χ1v) is 6.10. The maximum Gasteiger partial charge on any atom is 0.0832 e. The molecule has 3 heteroatoms. The van der Waals surface area contributed by atoms with E-state index in [9.17, 15) is 0 Å². The zero-order valence-corrected chi connectivity index (χ0v) is 10.3. The van der Waals surface area contributed by atoms with Gasteiger partial charge < -0.3 is 10.5 Å². The summed E-state index contributed by atoms with van der Waals surface area (Å²) in [5.74, 6) is 0. The molecule has 0 spiro atoms. The Labute approximate surface area is 102 Å². The molecule has 0 bridgehead atoms. The zero-order chi connectivity index (χ0) is 11.6. The fourth-order valence-corrected chi connectivity index (χ4v) is 2.55. The van der Waals surface area contributed by atoms with Crippen molar-refractivity contribution in [3.05, 3.63) is 34.9 Å². The number of hydrogen-bond acceptors (Lipinski definition) is 2. The summed E-state index contributed by atoms with van der Waals surface area (Å²) in [6, 6.07) is 7.90. The van der Waals surface area contributed by atoms with E-state index in [0.29, 0.717) is 0 Å². The summed E-state index contributed by atoms with van der Waals surface area (Å²) in [6.45, 7) is 0. The number of rotatable bonds is 4. The Morgan fingerprint density at radius 2 is 2.12 bits per heavy atom. The molecule has 2 N–H and O–H groups in total. The zero-order valence-electron chi connectivity index (χ0n) is 9.58. The van der Waals surface area contributed by atoms with Gasteiger partial charge in [0.25, 0.3) is 0 Å². The maximum absolute atomic E-state index is 6.24. The number of hydrogen-bond donors (Lipinski definition) is 1. The summed E-state index contributed by atoms with van der Waals surface area (Å²) in [6.07, 6.45) is 4.13. The van der Waals surface area contributed by atoms with Gasteiger partial charge in [0.1, 0.15) is 0 Å². The minimum Gasteiger partial charge on any atom is -0.377 e. The molecule has 1 aliphatic rings. The van der Waals surface area contributed by atoms with E-state index in [0.717, 1.165) is 29.8 Å². The third-order valence-corrected chi connectivity index (χ3v) is 4.05. The monoisotopic (exact) mass is 239 g/mol. The van der Waals surface area contributed by atoms with Crippen LogP contribution in [0.2, 0.25) is 5.02 Å². The second-order valence-electron chi connectivity index (χ2n) is 4.52. The number of ether oxygens (including phenoxy) is 1. The minimum atomic E-state index is -0.112. The lowest BCUT2D eigenvalue weighted by molar-refractivity contribution is -0.0896. The lowest BCUT2D eigenvalue weighted by Crippen LogP contribution is -2.55. The molecular weight excluding hydrogens is 222 g/mol. The van der Waals surface area contributed by atoms with Crippen LogP contribution in [-0.2, 0) is 11.2 Å². The molecular formula is C13H18ClNO. The molecule has 1 fully saturated rings. The van der Waals surface area contributed by atoms with E-state index in [4.69, 9.17) is 22.1 Å². The van der Waals surface area contributed by atoms with Gasteiger partial charge in [-0.3, -0.25) is 0 Å². The number of nitrogens with two attached hydrogens (primary N) is 1. The topological polar surface area (TPSA) is 35.2 Å². The van der Waals surface area contributed by atoms with E-state index in [1.807, 2.05) is 24.3 Å². The van der Waals surface area contributed by atoms with Gasteiger partial charge in [0.15, 0.2) is 0 Å². The van der Waals surface area contributed by atoms with Crippen molar-refractivity contribution in [2.45, 2.75) is 37.3 Å². The average Bonchev–Trinajstić information content (AvgIpc) is 2.21. The summed E-state index contributed by atoms with van der Waals surface area (Å²) in [5, 5.41) is 0.795. The van der Waals surface area contributed by atoms with Gasteiger partial charge in [-0.2, -0.15) is 0 Å². The van der Waals surface area contributed by atoms with E-state index in [1.54, 1.807) is 7.11 Å². The predicted molar refractivity (Wildman–Crippen MR) is 66.7 cm³/mol. The van der Waals surface area contributed by atoms with Crippen molar-refractivity contribution in [1.82, 2.24) is 0 Å². The van der Waals surface area contributed by atoms with Crippen molar-refractivity contribution in [2.24, 2.45) is 5.73 Å². The SMILES string of the molecule is COC1(C(N)Cc2ccccc2Cl)CCC1. The van der Waals surface area contributed by atoms with Crippen LogP contribution < -0.4 is 5.73 Å². The molecule has 2 rings (SSSR count). The van der Waals surface area contributed by atoms with E-state index < -0.39 is 0 Å². The molecule has 0 aliphatic heterocycles. The molecule has 0 radical (unpaired) electrons. The largest absolute Gasteiger partial charge is 0.377 e. The van der Waals surface area contributed by atoms with Gasteiger partial charge in [0.05, 0.1) is 5.60 Å². The summed E-state index contributed by atoms with van der Waals surface area (Å²) in [7, 11) is 1.76. The highest BCUT2D eigenvalue weighted by atomic mass is 35.5. The summed E-state index contributed by atoms with van der Waals surface area (Å²) in [4.78, 5) is 0. The standard InChI is InChI=1S/C13H18ClNO/c1-16-13(7-4-8-13)12(15)9-10-5-2-3-6-11(10)14/h2-3,5-6,12H,4,7-9,15H2,1H3. The van der Waals surface area contributed by atoms with Crippen LogP contribution in [0.3, 0.4) is 0 Å². The molecule has 1 unspecified atom stereocenters. The van der Waals surface area contributed by atoms with Gasteiger partial charge in [-0.05, 0) is 37.3 Å². The van der Waals surface area contributed by atoms with Crippen LogP contribution in [-0.4, -0.2) is 18.8 Å². The summed E-state index contributed by atoms with van der Waals surface area (Å²) in [5.41, 5.74) is 7.24. The first kappa shape index (κ1) is 11.9. The Morgan fingerprint density at radius 1 is 1.44 bits per heavy atom. The van der Waals surface area contributed by atoms with Crippen molar-refractivity contribution < 1.29 is 4.74 Å². The molecule has 1 atom stereocenters. The summed E-state index contributed by atoms with van der Waals surface area (Å²) < 4.78 is 5.58. The minimum absolute atomic E-state index is 0.0335. The van der Waals surface area contributed by atoms with Crippen LogP contribution in [0, 0.1) is 0 Å². The second kappa shape index (κ2) is 4.74. The highest BCUT2D eigenvalue weighted by Gasteiger charge is 2.42. The number of halogens is 1. The van der Waals surface area contributed by atoms with E-state index in [1.165, 1.54) is 6.42 Å². The highest BCUT2D eigenvalue weighted by molar-refractivity contribution is 6.31. The molecule has 88 valence electrons. The van der Waals surface area contributed by atoms with Crippen LogP contribution >= 0.6 is 11.6 Å². The fourth-order valence-electron chi connectivity index (χ4n) is 2.34. The second-order valence-corrected chi connectivity index (χ2v) is 4.93. The number of methoxy groups -OCH3 is 1. The Morgan fingerprint density at radius 3 is 2.62 bits per heavy atom. The molecule has 0 saturated heterocycles. The third-order valence-electron chi connectivity index (χ3n) is 3.68. The highest BCUT2D eigenvalue weighted by Crippen LogP contribution is 2.38. The molecule has 1 aliphatic carbocycles. The molecule has 2 nitrogen and oxygen atoms in total. The van der Waals surface area contributed by atoms with Crippen molar-refractivity contribution in [3.8, 4) is 0 Å². The van der Waals surface area contributed by atoms with Gasteiger partial charge >= 0.3 is 0 Å². The number of benzene rings is 1. The smallest absolute Gasteiger partial charge is 0.0832 e. The first-order valence-electron chi connectivity index (χ1n) is 5.72. The Bertz CT molecular complexity index is 357. The lowest BCUT2D eigenvalue weighted by Gasteiger charge is -2.45. The predicted octanol–water partition coefficient (Wildman–Crippen LogP) is 2.78. The summed E-state index contributed by atoms with van der Waals surface area (Å²) >= 11 is 6.13. The van der Waals surface area contributed by atoms with E-state index in [-0.39, 0.29) is 11.6 Å². The van der Waals surface area contributed by atoms with Gasteiger partial charge in [0, 0.05) is 18.2 Å². The Kier molecular flexibility index (Phi) is 3.53. The van der Waals surface area contributed by atoms with Crippen LogP contribution in [0.15, 0.2) is 24.3 Å². The van der Waals surface area contributed by atoms with Crippen LogP contribution in [0.5, 0.6) is 0 Å². The molecule has 1 saturated carbocycles. The average molecular weight is 240 g/mol. The molecule has 0 aromatic heterocycles.